The topological polar surface area (TPSA) is 6.48 Å². The van der Waals surface area contributed by atoms with Crippen LogP contribution in [0.5, 0.6) is 0 Å². The molecule has 0 saturated carbocycles. The third kappa shape index (κ3) is 4.60. The Morgan fingerprint density at radius 2 is 1.64 bits per heavy atom. The smallest absolute Gasteiger partial charge is 0.369 e. The van der Waals surface area contributed by atoms with Crippen LogP contribution in [0.1, 0.15) is 11.1 Å². The molecule has 1 saturated heterocycles. The van der Waals surface area contributed by atoms with E-state index >= 15 is 0 Å². The number of benzene rings is 2. The van der Waals surface area contributed by atoms with Gasteiger partial charge in [0, 0.05) is 48.5 Å². The normalized spacial score (nSPS) is 16.3. The molecule has 0 atom stereocenters. The Kier molecular flexibility index (Phi) is 5.46. The van der Waals surface area contributed by atoms with Gasteiger partial charge < -0.3 is 4.90 Å². The standard InChI is InChI=1S/C18H17Cl2F3N2/c19-15-5-4-13(17(20)11-15)12-24-6-8-25(9-7-24)16-3-1-2-14(10-16)18(21,22)23/h1-5,10-11H,6-9,12H2. The largest absolute Gasteiger partial charge is 0.416 e. The monoisotopic (exact) mass is 388 g/mol. The first-order valence-corrected chi connectivity index (χ1v) is 8.67. The highest BCUT2D eigenvalue weighted by Gasteiger charge is 2.31. The molecule has 7 heteroatoms. The highest BCUT2D eigenvalue weighted by molar-refractivity contribution is 6.35. The third-order valence-electron chi connectivity index (χ3n) is 4.32. The molecule has 1 aliphatic rings. The summed E-state index contributed by atoms with van der Waals surface area (Å²) in [5, 5.41) is 1.23. The second-order valence-corrected chi connectivity index (χ2v) is 6.89. The molecule has 2 aromatic carbocycles. The number of alkyl halides is 3. The van der Waals surface area contributed by atoms with Gasteiger partial charge >= 0.3 is 6.18 Å². The molecule has 134 valence electrons. The Morgan fingerprint density at radius 1 is 0.920 bits per heavy atom. The number of nitrogens with zero attached hydrogens (tertiary/aromatic N) is 2. The van der Waals surface area contributed by atoms with Gasteiger partial charge in [-0.05, 0) is 35.9 Å². The van der Waals surface area contributed by atoms with Gasteiger partial charge in [-0.1, -0.05) is 35.3 Å². The van der Waals surface area contributed by atoms with Crippen molar-refractivity contribution in [2.24, 2.45) is 0 Å². The highest BCUT2D eigenvalue weighted by Crippen LogP contribution is 2.32. The first kappa shape index (κ1) is 18.4. The van der Waals surface area contributed by atoms with Gasteiger partial charge in [0.1, 0.15) is 0 Å². The Morgan fingerprint density at radius 3 is 2.28 bits per heavy atom. The lowest BCUT2D eigenvalue weighted by Gasteiger charge is -2.36. The zero-order valence-electron chi connectivity index (χ0n) is 13.4. The highest BCUT2D eigenvalue weighted by atomic mass is 35.5. The zero-order valence-corrected chi connectivity index (χ0v) is 14.9. The van der Waals surface area contributed by atoms with Gasteiger partial charge in [-0.15, -0.1) is 0 Å². The summed E-state index contributed by atoms with van der Waals surface area (Å²) >= 11 is 12.1. The lowest BCUT2D eigenvalue weighted by molar-refractivity contribution is -0.137. The van der Waals surface area contributed by atoms with Crippen LogP contribution in [0.15, 0.2) is 42.5 Å². The van der Waals surface area contributed by atoms with Crippen LogP contribution in [0.4, 0.5) is 18.9 Å². The van der Waals surface area contributed by atoms with Crippen molar-refractivity contribution in [2.75, 3.05) is 31.1 Å². The molecule has 0 aliphatic carbocycles. The van der Waals surface area contributed by atoms with Gasteiger partial charge in [0.15, 0.2) is 0 Å². The van der Waals surface area contributed by atoms with Gasteiger partial charge in [0.25, 0.3) is 0 Å². The molecule has 0 N–H and O–H groups in total. The molecule has 2 aromatic rings. The van der Waals surface area contributed by atoms with Crippen LogP contribution in [-0.2, 0) is 12.7 Å². The van der Waals surface area contributed by atoms with E-state index in [0.717, 1.165) is 24.7 Å². The Balaban J connectivity index is 1.62. The molecule has 2 nitrogen and oxygen atoms in total. The predicted molar refractivity (Wildman–Crippen MR) is 95.4 cm³/mol. The minimum atomic E-state index is -4.32. The first-order chi connectivity index (χ1) is 11.8. The summed E-state index contributed by atoms with van der Waals surface area (Å²) in [7, 11) is 0. The molecule has 25 heavy (non-hydrogen) atoms. The van der Waals surface area contributed by atoms with Gasteiger partial charge in [-0.25, -0.2) is 0 Å². The predicted octanol–water partition coefficient (Wildman–Crippen LogP) is 5.33. The van der Waals surface area contributed by atoms with Crippen LogP contribution in [0.2, 0.25) is 10.0 Å². The van der Waals surface area contributed by atoms with E-state index in [1.807, 2.05) is 17.0 Å². The van der Waals surface area contributed by atoms with Crippen LogP contribution < -0.4 is 4.90 Å². The van der Waals surface area contributed by atoms with Crippen molar-refractivity contribution < 1.29 is 13.2 Å². The number of piperazine rings is 1. The summed E-state index contributed by atoms with van der Waals surface area (Å²) in [4.78, 5) is 4.22. The van der Waals surface area contributed by atoms with Crippen molar-refractivity contribution in [1.82, 2.24) is 4.90 Å². The molecule has 0 radical (unpaired) electrons. The van der Waals surface area contributed by atoms with Crippen molar-refractivity contribution in [3.05, 3.63) is 63.6 Å². The summed E-state index contributed by atoms with van der Waals surface area (Å²) in [6, 6.07) is 10.9. The van der Waals surface area contributed by atoms with Gasteiger partial charge in [-0.3, -0.25) is 4.90 Å². The van der Waals surface area contributed by atoms with E-state index < -0.39 is 11.7 Å². The van der Waals surface area contributed by atoms with E-state index in [0.29, 0.717) is 35.4 Å². The molecule has 1 heterocycles. The molecule has 0 aromatic heterocycles. The molecule has 0 bridgehead atoms. The summed E-state index contributed by atoms with van der Waals surface area (Å²) in [6.07, 6.45) is -4.32. The van der Waals surface area contributed by atoms with E-state index in [4.69, 9.17) is 23.2 Å². The van der Waals surface area contributed by atoms with Crippen LogP contribution in [0, 0.1) is 0 Å². The van der Waals surface area contributed by atoms with E-state index in [1.54, 1.807) is 12.1 Å². The van der Waals surface area contributed by atoms with Crippen molar-refractivity contribution in [1.29, 1.82) is 0 Å². The number of anilines is 1. The molecule has 3 rings (SSSR count). The molecule has 0 amide bonds. The number of halogens is 5. The van der Waals surface area contributed by atoms with E-state index in [9.17, 15) is 13.2 Å². The summed E-state index contributed by atoms with van der Waals surface area (Å²) in [6.45, 7) is 3.57. The van der Waals surface area contributed by atoms with Crippen molar-refractivity contribution >= 4 is 28.9 Å². The number of hydrogen-bond donors (Lipinski definition) is 0. The van der Waals surface area contributed by atoms with Gasteiger partial charge in [0.2, 0.25) is 0 Å². The molecule has 0 spiro atoms. The minimum Gasteiger partial charge on any atom is -0.369 e. The lowest BCUT2D eigenvalue weighted by Crippen LogP contribution is -2.46. The second kappa shape index (κ2) is 7.44. The van der Waals surface area contributed by atoms with Gasteiger partial charge in [0.05, 0.1) is 5.56 Å². The van der Waals surface area contributed by atoms with Crippen molar-refractivity contribution in [2.45, 2.75) is 12.7 Å². The average Bonchev–Trinajstić information content (AvgIpc) is 2.57. The van der Waals surface area contributed by atoms with E-state index in [2.05, 4.69) is 4.90 Å². The SMILES string of the molecule is FC(F)(F)c1cccc(N2CCN(Cc3ccc(Cl)cc3Cl)CC2)c1. The maximum Gasteiger partial charge on any atom is 0.416 e. The number of rotatable bonds is 3. The molecule has 1 aliphatic heterocycles. The van der Waals surface area contributed by atoms with E-state index in [1.165, 1.54) is 12.1 Å². The summed E-state index contributed by atoms with van der Waals surface area (Å²) < 4.78 is 38.6. The quantitative estimate of drug-likeness (QED) is 0.700. The first-order valence-electron chi connectivity index (χ1n) is 7.91. The van der Waals surface area contributed by atoms with Crippen molar-refractivity contribution in [3.63, 3.8) is 0 Å². The molecule has 1 fully saturated rings. The van der Waals surface area contributed by atoms with Crippen LogP contribution in [0.3, 0.4) is 0 Å². The fraction of sp³-hybridized carbons (Fsp3) is 0.333. The fourth-order valence-corrected chi connectivity index (χ4v) is 3.40. The second-order valence-electron chi connectivity index (χ2n) is 6.05. The average molecular weight is 389 g/mol. The summed E-state index contributed by atoms with van der Waals surface area (Å²) in [5.41, 5.74) is 0.998. The Hall–Kier alpha value is -1.43. The maximum absolute atomic E-state index is 12.9. The van der Waals surface area contributed by atoms with Crippen LogP contribution in [0.25, 0.3) is 0 Å². The lowest BCUT2D eigenvalue weighted by atomic mass is 10.1. The van der Waals surface area contributed by atoms with Crippen molar-refractivity contribution in [3.8, 4) is 0 Å². The summed E-state index contributed by atoms with van der Waals surface area (Å²) in [5.74, 6) is 0. The molecular weight excluding hydrogens is 372 g/mol. The number of hydrogen-bond acceptors (Lipinski definition) is 2. The Labute approximate surface area is 154 Å². The van der Waals surface area contributed by atoms with E-state index in [-0.39, 0.29) is 0 Å². The maximum atomic E-state index is 12.9. The Bertz CT molecular complexity index is 741. The van der Waals surface area contributed by atoms with Gasteiger partial charge in [-0.2, -0.15) is 13.2 Å². The molecular formula is C18H17Cl2F3N2. The minimum absolute atomic E-state index is 0.600. The zero-order chi connectivity index (χ0) is 18.0. The molecule has 0 unspecified atom stereocenters. The van der Waals surface area contributed by atoms with Crippen LogP contribution >= 0.6 is 23.2 Å². The third-order valence-corrected chi connectivity index (χ3v) is 4.91. The fourth-order valence-electron chi connectivity index (χ4n) is 2.93. The van der Waals surface area contributed by atoms with Crippen LogP contribution in [-0.4, -0.2) is 31.1 Å².